The maximum atomic E-state index is 12.1. The average molecular weight is 230 g/mol. The van der Waals surface area contributed by atoms with Crippen LogP contribution in [-0.2, 0) is 0 Å². The molecule has 3 heteroatoms. The molecule has 0 fully saturated rings. The molecule has 88 valence electrons. The van der Waals surface area contributed by atoms with Crippen LogP contribution in [0.5, 0.6) is 11.5 Å². The highest BCUT2D eigenvalue weighted by Crippen LogP contribution is 2.25. The molecular formula is C14H14O3. The van der Waals surface area contributed by atoms with Crippen LogP contribution in [0.25, 0.3) is 0 Å². The Hall–Kier alpha value is -2.29. The fourth-order valence-electron chi connectivity index (χ4n) is 1.58. The van der Waals surface area contributed by atoms with Gasteiger partial charge in [0.2, 0.25) is 0 Å². The molecule has 0 spiro atoms. The van der Waals surface area contributed by atoms with Gasteiger partial charge in [-0.3, -0.25) is 4.79 Å². The van der Waals surface area contributed by atoms with E-state index in [1.165, 1.54) is 13.2 Å². The minimum absolute atomic E-state index is 0. The SMILES string of the molecule is COc1ccc(C(=O)c2ccccc2)c(O)c1.[HH]. The molecule has 0 aromatic heterocycles. The van der Waals surface area contributed by atoms with Crippen molar-refractivity contribution in [1.29, 1.82) is 0 Å². The summed E-state index contributed by atoms with van der Waals surface area (Å²) in [4.78, 5) is 12.1. The number of aromatic hydroxyl groups is 1. The first-order chi connectivity index (χ1) is 8.22. The van der Waals surface area contributed by atoms with E-state index in [1.54, 1.807) is 36.4 Å². The fraction of sp³-hybridized carbons (Fsp3) is 0.0714. The zero-order chi connectivity index (χ0) is 12.3. The van der Waals surface area contributed by atoms with Crippen molar-refractivity contribution < 1.29 is 16.1 Å². The summed E-state index contributed by atoms with van der Waals surface area (Å²) in [5.41, 5.74) is 0.824. The number of rotatable bonds is 3. The van der Waals surface area contributed by atoms with Gasteiger partial charge in [-0.25, -0.2) is 0 Å². The number of hydrogen-bond donors (Lipinski definition) is 1. The highest BCUT2D eigenvalue weighted by molar-refractivity contribution is 6.10. The minimum Gasteiger partial charge on any atom is -0.507 e. The average Bonchev–Trinajstić information content (AvgIpc) is 2.39. The third-order valence-electron chi connectivity index (χ3n) is 2.49. The van der Waals surface area contributed by atoms with Crippen molar-refractivity contribution >= 4 is 5.78 Å². The second kappa shape index (κ2) is 4.70. The molecule has 0 saturated heterocycles. The molecule has 0 heterocycles. The first-order valence-corrected chi connectivity index (χ1v) is 5.19. The van der Waals surface area contributed by atoms with Crippen molar-refractivity contribution in [3.8, 4) is 11.5 Å². The first kappa shape index (κ1) is 11.2. The van der Waals surface area contributed by atoms with Gasteiger partial charge in [-0.05, 0) is 12.1 Å². The molecule has 0 saturated carbocycles. The highest BCUT2D eigenvalue weighted by Gasteiger charge is 2.13. The summed E-state index contributed by atoms with van der Waals surface area (Å²) in [6.45, 7) is 0. The molecule has 0 aliphatic carbocycles. The van der Waals surface area contributed by atoms with E-state index in [0.29, 0.717) is 11.3 Å². The Morgan fingerprint density at radius 1 is 1.18 bits per heavy atom. The molecule has 2 aromatic carbocycles. The Kier molecular flexibility index (Phi) is 3.10. The number of carbonyl (C=O) groups is 1. The predicted molar refractivity (Wildman–Crippen MR) is 66.6 cm³/mol. The Morgan fingerprint density at radius 2 is 1.88 bits per heavy atom. The van der Waals surface area contributed by atoms with Crippen LogP contribution < -0.4 is 4.74 Å². The topological polar surface area (TPSA) is 46.5 Å². The van der Waals surface area contributed by atoms with E-state index >= 15 is 0 Å². The van der Waals surface area contributed by atoms with E-state index < -0.39 is 0 Å². The van der Waals surface area contributed by atoms with E-state index in [9.17, 15) is 9.90 Å². The van der Waals surface area contributed by atoms with Gasteiger partial charge in [-0.15, -0.1) is 0 Å². The van der Waals surface area contributed by atoms with Crippen LogP contribution in [0, 0.1) is 0 Å². The molecule has 0 bridgehead atoms. The van der Waals surface area contributed by atoms with Crippen molar-refractivity contribution in [1.82, 2.24) is 0 Å². The Labute approximate surface area is 101 Å². The van der Waals surface area contributed by atoms with E-state index in [2.05, 4.69) is 0 Å². The van der Waals surface area contributed by atoms with Crippen LogP contribution in [-0.4, -0.2) is 18.0 Å². The van der Waals surface area contributed by atoms with Crippen LogP contribution in [0.1, 0.15) is 17.3 Å². The van der Waals surface area contributed by atoms with E-state index in [-0.39, 0.29) is 18.5 Å². The highest BCUT2D eigenvalue weighted by atomic mass is 16.5. The standard InChI is InChI=1S/C14H12O3.H2/c1-17-11-7-8-12(13(15)9-11)14(16)10-5-3-2-4-6-10;/h2-9,15H,1H3;1H. The molecule has 3 nitrogen and oxygen atoms in total. The third kappa shape index (κ3) is 2.28. The zero-order valence-corrected chi connectivity index (χ0v) is 9.38. The van der Waals surface area contributed by atoms with Crippen molar-refractivity contribution in [3.05, 3.63) is 59.7 Å². The van der Waals surface area contributed by atoms with E-state index in [4.69, 9.17) is 4.74 Å². The molecule has 2 rings (SSSR count). The van der Waals surface area contributed by atoms with Crippen LogP contribution in [0.3, 0.4) is 0 Å². The third-order valence-corrected chi connectivity index (χ3v) is 2.49. The van der Waals surface area contributed by atoms with Crippen molar-refractivity contribution in [2.75, 3.05) is 7.11 Å². The van der Waals surface area contributed by atoms with Gasteiger partial charge in [0.25, 0.3) is 0 Å². The summed E-state index contributed by atoms with van der Waals surface area (Å²) in [7, 11) is 1.51. The summed E-state index contributed by atoms with van der Waals surface area (Å²) in [6, 6.07) is 13.5. The van der Waals surface area contributed by atoms with Crippen LogP contribution in [0.2, 0.25) is 0 Å². The largest absolute Gasteiger partial charge is 0.507 e. The van der Waals surface area contributed by atoms with E-state index in [1.807, 2.05) is 6.07 Å². The van der Waals surface area contributed by atoms with Gasteiger partial charge in [-0.1, -0.05) is 30.3 Å². The summed E-state index contributed by atoms with van der Waals surface area (Å²) < 4.78 is 4.96. The van der Waals surface area contributed by atoms with Gasteiger partial charge in [0, 0.05) is 13.1 Å². The zero-order valence-electron chi connectivity index (χ0n) is 9.38. The fourth-order valence-corrected chi connectivity index (χ4v) is 1.58. The van der Waals surface area contributed by atoms with Crippen LogP contribution in [0.4, 0.5) is 0 Å². The number of ketones is 1. The smallest absolute Gasteiger partial charge is 0.196 e. The molecule has 0 atom stereocenters. The number of ether oxygens (including phenoxy) is 1. The minimum atomic E-state index is -0.203. The molecule has 1 N–H and O–H groups in total. The summed E-state index contributed by atoms with van der Waals surface area (Å²) in [6.07, 6.45) is 0. The number of phenols is 1. The molecule has 0 aliphatic heterocycles. The molecule has 0 unspecified atom stereocenters. The lowest BCUT2D eigenvalue weighted by Gasteiger charge is -2.06. The predicted octanol–water partition coefficient (Wildman–Crippen LogP) is 2.88. The van der Waals surface area contributed by atoms with Crippen LogP contribution >= 0.6 is 0 Å². The van der Waals surface area contributed by atoms with Gasteiger partial charge >= 0.3 is 0 Å². The maximum absolute atomic E-state index is 12.1. The molecule has 17 heavy (non-hydrogen) atoms. The lowest BCUT2D eigenvalue weighted by Crippen LogP contribution is -2.01. The molecular weight excluding hydrogens is 216 g/mol. The van der Waals surface area contributed by atoms with Crippen molar-refractivity contribution in [3.63, 3.8) is 0 Å². The quantitative estimate of drug-likeness (QED) is 0.825. The van der Waals surface area contributed by atoms with Gasteiger partial charge in [0.15, 0.2) is 5.78 Å². The number of hydrogen-bond acceptors (Lipinski definition) is 3. The number of carbonyl (C=O) groups excluding carboxylic acids is 1. The number of benzene rings is 2. The van der Waals surface area contributed by atoms with Gasteiger partial charge in [-0.2, -0.15) is 0 Å². The number of phenolic OH excluding ortho intramolecular Hbond substituents is 1. The molecule has 0 aliphatic rings. The van der Waals surface area contributed by atoms with Gasteiger partial charge < -0.3 is 9.84 Å². The summed E-state index contributed by atoms with van der Waals surface area (Å²) in [5, 5.41) is 9.75. The second-order valence-corrected chi connectivity index (χ2v) is 3.58. The summed E-state index contributed by atoms with van der Waals surface area (Å²) >= 11 is 0. The Bertz CT molecular complexity index is 538. The molecule has 2 aromatic rings. The van der Waals surface area contributed by atoms with Gasteiger partial charge in [0.1, 0.15) is 11.5 Å². The van der Waals surface area contributed by atoms with Gasteiger partial charge in [0.05, 0.1) is 12.7 Å². The summed E-state index contributed by atoms with van der Waals surface area (Å²) in [5.74, 6) is 0.246. The first-order valence-electron chi connectivity index (χ1n) is 5.19. The van der Waals surface area contributed by atoms with Crippen molar-refractivity contribution in [2.45, 2.75) is 0 Å². The monoisotopic (exact) mass is 230 g/mol. The lowest BCUT2D eigenvalue weighted by atomic mass is 10.0. The Balaban J connectivity index is 0.00000162. The molecule has 0 amide bonds. The maximum Gasteiger partial charge on any atom is 0.196 e. The number of methoxy groups -OCH3 is 1. The Morgan fingerprint density at radius 3 is 2.47 bits per heavy atom. The van der Waals surface area contributed by atoms with Crippen molar-refractivity contribution in [2.24, 2.45) is 0 Å². The van der Waals surface area contributed by atoms with Crippen LogP contribution in [0.15, 0.2) is 48.5 Å². The lowest BCUT2D eigenvalue weighted by molar-refractivity contribution is 0.103. The second-order valence-electron chi connectivity index (χ2n) is 3.58. The molecule has 0 radical (unpaired) electrons. The normalized spacial score (nSPS) is 9.94. The van der Waals surface area contributed by atoms with E-state index in [0.717, 1.165) is 0 Å².